The van der Waals surface area contributed by atoms with Crippen LogP contribution in [0, 0.1) is 6.92 Å². The lowest BCUT2D eigenvalue weighted by Gasteiger charge is -2.08. The normalized spacial score (nSPS) is 10.9. The molecule has 0 aliphatic carbocycles. The van der Waals surface area contributed by atoms with E-state index in [1.165, 1.54) is 11.8 Å². The quantitative estimate of drug-likeness (QED) is 0.646. The molecule has 2 heterocycles. The second kappa shape index (κ2) is 8.18. The molecule has 7 nitrogen and oxygen atoms in total. The Labute approximate surface area is 156 Å². The molecule has 3 rings (SSSR count). The van der Waals surface area contributed by atoms with E-state index in [0.717, 1.165) is 40.9 Å². The van der Waals surface area contributed by atoms with E-state index in [0.29, 0.717) is 0 Å². The standard InChI is InChI=1S/C18H22N6OS/c1-4-23-11-14(10-19-23)17-21-22-18(24(17)5-2)26-12-16(25)20-15-9-7-6-8-13(15)3/h6-11H,4-5,12H2,1-3H3,(H,20,25). The Bertz CT molecular complexity index is 901. The highest BCUT2D eigenvalue weighted by atomic mass is 32.2. The van der Waals surface area contributed by atoms with Gasteiger partial charge < -0.3 is 9.88 Å². The molecule has 2 aromatic heterocycles. The number of carbonyl (C=O) groups excluding carboxylic acids is 1. The fourth-order valence-corrected chi connectivity index (χ4v) is 3.38. The minimum Gasteiger partial charge on any atom is -0.325 e. The van der Waals surface area contributed by atoms with Crippen molar-refractivity contribution in [2.24, 2.45) is 0 Å². The highest BCUT2D eigenvalue weighted by Crippen LogP contribution is 2.24. The van der Waals surface area contributed by atoms with Crippen molar-refractivity contribution < 1.29 is 4.79 Å². The molecule has 3 aromatic rings. The Morgan fingerprint density at radius 2 is 2.00 bits per heavy atom. The van der Waals surface area contributed by atoms with Gasteiger partial charge in [-0.2, -0.15) is 5.10 Å². The Morgan fingerprint density at radius 3 is 2.69 bits per heavy atom. The second-order valence-electron chi connectivity index (χ2n) is 5.79. The molecule has 0 bridgehead atoms. The second-order valence-corrected chi connectivity index (χ2v) is 6.73. The first kappa shape index (κ1) is 18.2. The number of aromatic nitrogens is 5. The molecule has 0 atom stereocenters. The average Bonchev–Trinajstić information content (AvgIpc) is 3.27. The van der Waals surface area contributed by atoms with Gasteiger partial charge in [0, 0.05) is 25.0 Å². The number of nitrogens with one attached hydrogen (secondary N) is 1. The number of hydrogen-bond acceptors (Lipinski definition) is 5. The van der Waals surface area contributed by atoms with Gasteiger partial charge in [0.05, 0.1) is 17.5 Å². The van der Waals surface area contributed by atoms with E-state index in [4.69, 9.17) is 0 Å². The lowest BCUT2D eigenvalue weighted by molar-refractivity contribution is -0.113. The third-order valence-corrected chi connectivity index (χ3v) is 4.97. The zero-order valence-corrected chi connectivity index (χ0v) is 16.0. The van der Waals surface area contributed by atoms with E-state index in [1.54, 1.807) is 6.20 Å². The molecule has 0 spiro atoms. The van der Waals surface area contributed by atoms with E-state index in [9.17, 15) is 4.79 Å². The Kier molecular flexibility index (Phi) is 5.72. The summed E-state index contributed by atoms with van der Waals surface area (Å²) in [5, 5.41) is 16.5. The van der Waals surface area contributed by atoms with Gasteiger partial charge in [-0.25, -0.2) is 0 Å². The third-order valence-electron chi connectivity index (χ3n) is 4.00. The molecule has 8 heteroatoms. The molecule has 136 valence electrons. The van der Waals surface area contributed by atoms with Crippen LogP contribution in [0.5, 0.6) is 0 Å². The summed E-state index contributed by atoms with van der Waals surface area (Å²) >= 11 is 1.38. The highest BCUT2D eigenvalue weighted by molar-refractivity contribution is 7.99. The molecule has 0 fully saturated rings. The van der Waals surface area contributed by atoms with Crippen LogP contribution in [0.15, 0.2) is 41.8 Å². The molecule has 0 radical (unpaired) electrons. The fraction of sp³-hybridized carbons (Fsp3) is 0.333. The zero-order chi connectivity index (χ0) is 18.5. The van der Waals surface area contributed by atoms with Gasteiger partial charge in [-0.1, -0.05) is 30.0 Å². The van der Waals surface area contributed by atoms with Crippen molar-refractivity contribution in [3.63, 3.8) is 0 Å². The zero-order valence-electron chi connectivity index (χ0n) is 15.1. The fourth-order valence-electron chi connectivity index (χ4n) is 2.58. The van der Waals surface area contributed by atoms with Crippen molar-refractivity contribution in [2.45, 2.75) is 39.0 Å². The molecule has 0 saturated carbocycles. The minimum absolute atomic E-state index is 0.0599. The Balaban J connectivity index is 1.68. The number of hydrogen-bond donors (Lipinski definition) is 1. The molecular weight excluding hydrogens is 348 g/mol. The summed E-state index contributed by atoms with van der Waals surface area (Å²) in [7, 11) is 0. The largest absolute Gasteiger partial charge is 0.325 e. The van der Waals surface area contributed by atoms with E-state index < -0.39 is 0 Å². The maximum atomic E-state index is 12.3. The molecule has 0 saturated heterocycles. The molecule has 1 aromatic carbocycles. The number of carbonyl (C=O) groups is 1. The molecule has 0 aliphatic heterocycles. The van der Waals surface area contributed by atoms with E-state index >= 15 is 0 Å². The summed E-state index contributed by atoms with van der Waals surface area (Å²) in [6, 6.07) is 7.73. The van der Waals surface area contributed by atoms with Gasteiger partial charge in [0.1, 0.15) is 0 Å². The maximum absolute atomic E-state index is 12.3. The predicted octanol–water partition coefficient (Wildman–Crippen LogP) is 3.22. The Hall–Kier alpha value is -2.61. The third kappa shape index (κ3) is 3.96. The number of aryl methyl sites for hydroxylation is 2. The van der Waals surface area contributed by atoms with Gasteiger partial charge in [-0.3, -0.25) is 9.48 Å². The minimum atomic E-state index is -0.0599. The van der Waals surface area contributed by atoms with Crippen molar-refractivity contribution in [1.82, 2.24) is 24.5 Å². The van der Waals surface area contributed by atoms with Crippen LogP contribution in [0.3, 0.4) is 0 Å². The first-order chi connectivity index (χ1) is 12.6. The molecule has 1 amide bonds. The molecule has 26 heavy (non-hydrogen) atoms. The molecule has 0 unspecified atom stereocenters. The van der Waals surface area contributed by atoms with Crippen LogP contribution >= 0.6 is 11.8 Å². The van der Waals surface area contributed by atoms with E-state index in [1.807, 2.05) is 60.5 Å². The first-order valence-electron chi connectivity index (χ1n) is 8.56. The lowest BCUT2D eigenvalue weighted by atomic mass is 10.2. The summed E-state index contributed by atoms with van der Waals surface area (Å²) in [6.45, 7) is 7.58. The number of thioether (sulfide) groups is 1. The van der Waals surface area contributed by atoms with Crippen LogP contribution in [0.4, 0.5) is 5.69 Å². The van der Waals surface area contributed by atoms with Gasteiger partial charge in [-0.15, -0.1) is 10.2 Å². The topological polar surface area (TPSA) is 77.6 Å². The number of benzene rings is 1. The van der Waals surface area contributed by atoms with Gasteiger partial charge in [0.2, 0.25) is 5.91 Å². The van der Waals surface area contributed by atoms with Crippen molar-refractivity contribution in [3.8, 4) is 11.4 Å². The van der Waals surface area contributed by atoms with Crippen LogP contribution < -0.4 is 5.32 Å². The van der Waals surface area contributed by atoms with Crippen LogP contribution in [-0.2, 0) is 17.9 Å². The summed E-state index contributed by atoms with van der Waals surface area (Å²) in [5.41, 5.74) is 2.80. The number of rotatable bonds is 7. The van der Waals surface area contributed by atoms with Crippen molar-refractivity contribution >= 4 is 23.4 Å². The number of anilines is 1. The van der Waals surface area contributed by atoms with E-state index in [-0.39, 0.29) is 11.7 Å². The van der Waals surface area contributed by atoms with E-state index in [2.05, 4.69) is 20.6 Å². The van der Waals surface area contributed by atoms with Crippen LogP contribution in [0.1, 0.15) is 19.4 Å². The lowest BCUT2D eigenvalue weighted by Crippen LogP contribution is -2.15. The number of para-hydroxylation sites is 1. The van der Waals surface area contributed by atoms with Gasteiger partial charge >= 0.3 is 0 Å². The molecular formula is C18H22N6OS. The summed E-state index contributed by atoms with van der Waals surface area (Å²) in [4.78, 5) is 12.3. The summed E-state index contributed by atoms with van der Waals surface area (Å²) in [5.74, 6) is 0.991. The first-order valence-corrected chi connectivity index (χ1v) is 9.55. The van der Waals surface area contributed by atoms with Crippen molar-refractivity contribution in [2.75, 3.05) is 11.1 Å². The maximum Gasteiger partial charge on any atom is 0.234 e. The Morgan fingerprint density at radius 1 is 1.19 bits per heavy atom. The number of amides is 1. The average molecular weight is 370 g/mol. The SMILES string of the molecule is CCn1cc(-c2nnc(SCC(=O)Nc3ccccc3C)n2CC)cn1. The smallest absolute Gasteiger partial charge is 0.234 e. The molecule has 0 aliphatic rings. The van der Waals surface area contributed by atoms with Crippen LogP contribution in [0.2, 0.25) is 0 Å². The van der Waals surface area contributed by atoms with Crippen LogP contribution in [-0.4, -0.2) is 36.2 Å². The molecule has 1 N–H and O–H groups in total. The predicted molar refractivity (Wildman–Crippen MR) is 103 cm³/mol. The number of nitrogens with zero attached hydrogens (tertiary/aromatic N) is 5. The van der Waals surface area contributed by atoms with Gasteiger partial charge in [0.15, 0.2) is 11.0 Å². The van der Waals surface area contributed by atoms with Crippen molar-refractivity contribution in [3.05, 3.63) is 42.2 Å². The van der Waals surface area contributed by atoms with Gasteiger partial charge in [-0.05, 0) is 32.4 Å². The van der Waals surface area contributed by atoms with Gasteiger partial charge in [0.25, 0.3) is 0 Å². The summed E-state index contributed by atoms with van der Waals surface area (Å²) < 4.78 is 3.86. The summed E-state index contributed by atoms with van der Waals surface area (Å²) in [6.07, 6.45) is 3.74. The van der Waals surface area contributed by atoms with Crippen molar-refractivity contribution in [1.29, 1.82) is 0 Å². The van der Waals surface area contributed by atoms with Crippen LogP contribution in [0.25, 0.3) is 11.4 Å². The highest BCUT2D eigenvalue weighted by Gasteiger charge is 2.16. The monoisotopic (exact) mass is 370 g/mol.